The molecular formula is C26H22F5N3O2. The fourth-order valence-corrected chi connectivity index (χ4v) is 3.93. The number of nitrogens with zero attached hydrogens (tertiary/aromatic N) is 2. The van der Waals surface area contributed by atoms with Gasteiger partial charge in [-0.05, 0) is 60.9 Å². The third-order valence-corrected chi connectivity index (χ3v) is 5.64. The number of ether oxygens (including phenoxy) is 1. The van der Waals surface area contributed by atoms with E-state index in [0.29, 0.717) is 28.7 Å². The summed E-state index contributed by atoms with van der Waals surface area (Å²) in [6.07, 6.45) is -3.26. The molecule has 0 fully saturated rings. The number of hydrogen-bond acceptors (Lipinski definition) is 3. The highest BCUT2D eigenvalue weighted by Gasteiger charge is 2.31. The van der Waals surface area contributed by atoms with E-state index in [-0.39, 0.29) is 36.5 Å². The molecule has 2 heterocycles. The van der Waals surface area contributed by atoms with E-state index in [0.717, 1.165) is 11.8 Å². The maximum Gasteiger partial charge on any atom is 0.573 e. The minimum atomic E-state index is -4.78. The van der Waals surface area contributed by atoms with Gasteiger partial charge in [0.2, 0.25) is 5.91 Å². The zero-order valence-corrected chi connectivity index (χ0v) is 19.2. The van der Waals surface area contributed by atoms with Crippen LogP contribution < -0.4 is 10.1 Å². The van der Waals surface area contributed by atoms with Gasteiger partial charge in [0.25, 0.3) is 0 Å². The van der Waals surface area contributed by atoms with Crippen LogP contribution in [0.25, 0.3) is 11.0 Å². The van der Waals surface area contributed by atoms with E-state index >= 15 is 0 Å². The van der Waals surface area contributed by atoms with E-state index in [1.165, 1.54) is 42.5 Å². The van der Waals surface area contributed by atoms with Gasteiger partial charge in [-0.3, -0.25) is 4.79 Å². The number of hydrogen-bond donors (Lipinski definition) is 1. The van der Waals surface area contributed by atoms with Crippen LogP contribution in [-0.2, 0) is 17.8 Å². The van der Waals surface area contributed by atoms with Crippen molar-refractivity contribution in [3.8, 4) is 5.75 Å². The van der Waals surface area contributed by atoms with Crippen molar-refractivity contribution in [1.29, 1.82) is 0 Å². The highest BCUT2D eigenvalue weighted by atomic mass is 19.4. The number of benzene rings is 2. The molecule has 0 aliphatic rings. The number of aryl methyl sites for hydroxylation is 1. The van der Waals surface area contributed by atoms with Crippen molar-refractivity contribution in [1.82, 2.24) is 14.9 Å². The lowest BCUT2D eigenvalue weighted by Gasteiger charge is -2.15. The molecule has 4 rings (SSSR count). The fourth-order valence-electron chi connectivity index (χ4n) is 3.93. The Hall–Kier alpha value is -3.95. The number of rotatable bonds is 8. The van der Waals surface area contributed by atoms with E-state index in [2.05, 4.69) is 15.0 Å². The molecule has 0 saturated carbocycles. The fraction of sp³-hybridized carbons (Fsp3) is 0.231. The molecule has 2 aromatic carbocycles. The van der Waals surface area contributed by atoms with Gasteiger partial charge in [0.1, 0.15) is 23.0 Å². The Labute approximate surface area is 203 Å². The zero-order valence-electron chi connectivity index (χ0n) is 19.2. The second kappa shape index (κ2) is 10.3. The predicted molar refractivity (Wildman–Crippen MR) is 123 cm³/mol. The van der Waals surface area contributed by atoms with Crippen molar-refractivity contribution in [2.45, 2.75) is 38.7 Å². The minimum Gasteiger partial charge on any atom is -0.406 e. The third kappa shape index (κ3) is 6.38. The van der Waals surface area contributed by atoms with E-state index < -0.39 is 12.2 Å². The number of alkyl halides is 3. The number of aromatic nitrogens is 2. The van der Waals surface area contributed by atoms with E-state index in [1.54, 1.807) is 29.7 Å². The normalized spacial score (nSPS) is 12.5. The number of pyridine rings is 1. The molecule has 0 unspecified atom stereocenters. The number of halogens is 5. The molecule has 0 saturated heterocycles. The number of amides is 1. The van der Waals surface area contributed by atoms with Crippen LogP contribution in [0, 0.1) is 11.6 Å². The first-order valence-electron chi connectivity index (χ1n) is 11.1. The molecule has 0 spiro atoms. The van der Waals surface area contributed by atoms with Gasteiger partial charge in [0, 0.05) is 24.0 Å². The summed E-state index contributed by atoms with van der Waals surface area (Å²) in [5, 5.41) is 3.41. The van der Waals surface area contributed by atoms with Crippen molar-refractivity contribution in [3.05, 3.63) is 95.3 Å². The van der Waals surface area contributed by atoms with Gasteiger partial charge in [-0.25, -0.2) is 13.8 Å². The number of nitrogens with one attached hydrogen (secondary N) is 1. The molecule has 0 aliphatic carbocycles. The van der Waals surface area contributed by atoms with Crippen molar-refractivity contribution in [2.24, 2.45) is 0 Å². The molecule has 4 aromatic rings. The van der Waals surface area contributed by atoms with Crippen LogP contribution in [0.5, 0.6) is 5.75 Å². The molecule has 0 radical (unpaired) electrons. The van der Waals surface area contributed by atoms with Gasteiger partial charge in [-0.1, -0.05) is 24.3 Å². The predicted octanol–water partition coefficient (Wildman–Crippen LogP) is 6.07. The number of carbonyl (C=O) groups is 1. The summed E-state index contributed by atoms with van der Waals surface area (Å²) in [5.41, 5.74) is 2.63. The maximum atomic E-state index is 13.8. The SMILES string of the molecule is C[C@H](NC(=O)CCc1cc2cc(F)cnc2n1Cc1ccc(OC(F)(F)F)cc1)c1ccc(F)cc1. The van der Waals surface area contributed by atoms with E-state index in [4.69, 9.17) is 0 Å². The van der Waals surface area contributed by atoms with Gasteiger partial charge in [-0.15, -0.1) is 13.2 Å². The quantitative estimate of drug-likeness (QED) is 0.297. The molecule has 0 aliphatic heterocycles. The summed E-state index contributed by atoms with van der Waals surface area (Å²) in [6, 6.07) is 14.0. The summed E-state index contributed by atoms with van der Waals surface area (Å²) in [5.74, 6) is -1.43. The first kappa shape index (κ1) is 25.2. The van der Waals surface area contributed by atoms with Crippen LogP contribution in [0.1, 0.15) is 36.2 Å². The Balaban J connectivity index is 1.49. The van der Waals surface area contributed by atoms with Gasteiger partial charge < -0.3 is 14.6 Å². The first-order chi connectivity index (χ1) is 17.1. The van der Waals surface area contributed by atoms with Crippen molar-refractivity contribution in [3.63, 3.8) is 0 Å². The summed E-state index contributed by atoms with van der Waals surface area (Å²) < 4.78 is 69.9. The molecular weight excluding hydrogens is 481 g/mol. The molecule has 0 bridgehead atoms. The summed E-state index contributed by atoms with van der Waals surface area (Å²) in [4.78, 5) is 16.8. The number of carbonyl (C=O) groups excluding carboxylic acids is 1. The smallest absolute Gasteiger partial charge is 0.406 e. The lowest BCUT2D eigenvalue weighted by atomic mass is 10.1. The second-order valence-electron chi connectivity index (χ2n) is 8.32. The Morgan fingerprint density at radius 3 is 2.39 bits per heavy atom. The second-order valence-corrected chi connectivity index (χ2v) is 8.32. The third-order valence-electron chi connectivity index (χ3n) is 5.64. The van der Waals surface area contributed by atoms with Crippen LogP contribution in [-0.4, -0.2) is 21.8 Å². The van der Waals surface area contributed by atoms with Crippen LogP contribution in [0.15, 0.2) is 66.9 Å². The molecule has 5 nitrogen and oxygen atoms in total. The average molecular weight is 503 g/mol. The summed E-state index contributed by atoms with van der Waals surface area (Å²) in [6.45, 7) is 2.04. The van der Waals surface area contributed by atoms with Crippen LogP contribution in [0.4, 0.5) is 22.0 Å². The Bertz CT molecular complexity index is 1350. The van der Waals surface area contributed by atoms with Crippen molar-refractivity contribution >= 4 is 16.9 Å². The van der Waals surface area contributed by atoms with E-state index in [1.807, 2.05) is 0 Å². The highest BCUT2D eigenvalue weighted by molar-refractivity contribution is 5.79. The summed E-state index contributed by atoms with van der Waals surface area (Å²) >= 11 is 0. The molecule has 1 N–H and O–H groups in total. The van der Waals surface area contributed by atoms with Gasteiger partial charge >= 0.3 is 6.36 Å². The average Bonchev–Trinajstić information content (AvgIpc) is 3.14. The highest BCUT2D eigenvalue weighted by Crippen LogP contribution is 2.25. The molecule has 1 atom stereocenters. The Morgan fingerprint density at radius 2 is 1.72 bits per heavy atom. The van der Waals surface area contributed by atoms with Crippen LogP contribution >= 0.6 is 0 Å². The van der Waals surface area contributed by atoms with Gasteiger partial charge in [0.15, 0.2) is 0 Å². The Kier molecular flexibility index (Phi) is 7.23. The molecule has 1 amide bonds. The van der Waals surface area contributed by atoms with Crippen LogP contribution in [0.3, 0.4) is 0 Å². The maximum absolute atomic E-state index is 13.8. The first-order valence-corrected chi connectivity index (χ1v) is 11.1. The molecule has 36 heavy (non-hydrogen) atoms. The lowest BCUT2D eigenvalue weighted by molar-refractivity contribution is -0.274. The lowest BCUT2D eigenvalue weighted by Crippen LogP contribution is -2.27. The largest absolute Gasteiger partial charge is 0.573 e. The van der Waals surface area contributed by atoms with E-state index in [9.17, 15) is 26.7 Å². The molecule has 188 valence electrons. The van der Waals surface area contributed by atoms with Crippen LogP contribution in [0.2, 0.25) is 0 Å². The van der Waals surface area contributed by atoms with Gasteiger partial charge in [0.05, 0.1) is 12.2 Å². The van der Waals surface area contributed by atoms with Crippen molar-refractivity contribution < 1.29 is 31.5 Å². The molecule has 10 heteroatoms. The topological polar surface area (TPSA) is 56.2 Å². The summed E-state index contributed by atoms with van der Waals surface area (Å²) in [7, 11) is 0. The Morgan fingerprint density at radius 1 is 1.03 bits per heavy atom. The van der Waals surface area contributed by atoms with Crippen molar-refractivity contribution in [2.75, 3.05) is 0 Å². The molecule has 2 aromatic heterocycles. The minimum absolute atomic E-state index is 0.128. The van der Waals surface area contributed by atoms with Gasteiger partial charge in [-0.2, -0.15) is 0 Å². The zero-order chi connectivity index (χ0) is 25.9. The number of fused-ring (bicyclic) bond motifs is 1. The monoisotopic (exact) mass is 503 g/mol. The standard InChI is InChI=1S/C26H22F5N3O2/c1-16(18-4-6-20(27)7-5-18)33-24(35)11-8-22-13-19-12-21(28)14-32-25(19)34(22)15-17-2-9-23(10-3-17)36-26(29,30)31/h2-7,9-10,12-14,16H,8,11,15H2,1H3,(H,33,35)/t16-/m0/s1.